The fourth-order valence-electron chi connectivity index (χ4n) is 3.17. The number of methoxy groups -OCH3 is 1. The van der Waals surface area contributed by atoms with Crippen LogP contribution >= 0.6 is 0 Å². The molecular weight excluding hydrogens is 298 g/mol. The van der Waals surface area contributed by atoms with Gasteiger partial charge in [-0.1, -0.05) is 11.6 Å². The number of amides is 1. The first-order chi connectivity index (χ1) is 11.2. The highest BCUT2D eigenvalue weighted by molar-refractivity contribution is 5.80. The van der Waals surface area contributed by atoms with E-state index in [0.717, 1.165) is 30.5 Å². The molecule has 8 nitrogen and oxygen atoms in total. The van der Waals surface area contributed by atoms with Crippen LogP contribution < -0.4 is 0 Å². The van der Waals surface area contributed by atoms with Crippen molar-refractivity contribution in [3.63, 3.8) is 0 Å². The number of nitrogens with zero attached hydrogens (tertiary/aromatic N) is 5. The second-order valence-corrected chi connectivity index (χ2v) is 6.17. The molecule has 0 saturated heterocycles. The Morgan fingerprint density at radius 2 is 2.22 bits per heavy atom. The Kier molecular flexibility index (Phi) is 3.41. The highest BCUT2D eigenvalue weighted by atomic mass is 16.5. The van der Waals surface area contributed by atoms with E-state index >= 15 is 0 Å². The molecule has 0 bridgehead atoms. The third-order valence-corrected chi connectivity index (χ3v) is 4.67. The highest BCUT2D eigenvalue weighted by Crippen LogP contribution is 2.35. The Morgan fingerprint density at radius 1 is 1.39 bits per heavy atom. The molecule has 1 aliphatic heterocycles. The molecule has 23 heavy (non-hydrogen) atoms. The molecule has 0 radical (unpaired) electrons. The molecular formula is C15H19N5O3. The molecule has 2 aromatic heterocycles. The lowest BCUT2D eigenvalue weighted by atomic mass is 9.84. The minimum atomic E-state index is 0.206. The molecule has 3 heterocycles. The maximum absolute atomic E-state index is 12.5. The Bertz CT molecular complexity index is 746. The van der Waals surface area contributed by atoms with Crippen LogP contribution in [0.15, 0.2) is 4.52 Å². The van der Waals surface area contributed by atoms with Crippen molar-refractivity contribution in [2.24, 2.45) is 13.0 Å². The largest absolute Gasteiger partial charge is 0.377 e. The number of fused-ring (bicyclic) bond motifs is 1. The van der Waals surface area contributed by atoms with Crippen LogP contribution in [0.5, 0.6) is 0 Å². The van der Waals surface area contributed by atoms with Gasteiger partial charge in [0.15, 0.2) is 11.5 Å². The molecule has 1 amide bonds. The minimum absolute atomic E-state index is 0.206. The summed E-state index contributed by atoms with van der Waals surface area (Å²) >= 11 is 0. The van der Waals surface area contributed by atoms with E-state index in [1.54, 1.807) is 11.8 Å². The van der Waals surface area contributed by atoms with Crippen molar-refractivity contribution in [1.29, 1.82) is 0 Å². The van der Waals surface area contributed by atoms with Crippen molar-refractivity contribution in [2.45, 2.75) is 39.0 Å². The van der Waals surface area contributed by atoms with Gasteiger partial charge in [0.25, 0.3) is 5.89 Å². The smallest absolute Gasteiger partial charge is 0.278 e. The van der Waals surface area contributed by atoms with E-state index in [1.165, 1.54) is 0 Å². The number of hydrogen-bond donors (Lipinski definition) is 0. The molecule has 0 spiro atoms. The van der Waals surface area contributed by atoms with Crippen LogP contribution in [0.4, 0.5) is 0 Å². The van der Waals surface area contributed by atoms with Gasteiger partial charge in [-0.25, -0.2) is 0 Å². The number of aromatic nitrogens is 4. The summed E-state index contributed by atoms with van der Waals surface area (Å²) in [5.41, 5.74) is 2.72. The van der Waals surface area contributed by atoms with E-state index in [1.807, 2.05) is 11.9 Å². The molecule has 122 valence electrons. The Labute approximate surface area is 133 Å². The van der Waals surface area contributed by atoms with E-state index < -0.39 is 0 Å². The van der Waals surface area contributed by atoms with Crippen LogP contribution in [0.1, 0.15) is 36.3 Å². The van der Waals surface area contributed by atoms with Crippen molar-refractivity contribution in [3.8, 4) is 11.6 Å². The molecule has 1 aliphatic carbocycles. The molecule has 1 saturated carbocycles. The monoisotopic (exact) mass is 317 g/mol. The summed E-state index contributed by atoms with van der Waals surface area (Å²) in [6.07, 6.45) is 3.19. The van der Waals surface area contributed by atoms with Gasteiger partial charge in [-0.05, 0) is 12.8 Å². The van der Waals surface area contributed by atoms with E-state index in [0.29, 0.717) is 37.1 Å². The first-order valence-corrected chi connectivity index (χ1v) is 7.82. The topological polar surface area (TPSA) is 86.3 Å². The molecule has 0 N–H and O–H groups in total. The number of aryl methyl sites for hydroxylation is 1. The zero-order valence-corrected chi connectivity index (χ0v) is 13.3. The van der Waals surface area contributed by atoms with Crippen molar-refractivity contribution in [2.75, 3.05) is 7.11 Å². The summed E-state index contributed by atoms with van der Waals surface area (Å²) in [5.74, 6) is 1.33. The number of rotatable bonds is 4. The zero-order valence-electron chi connectivity index (χ0n) is 13.3. The van der Waals surface area contributed by atoms with E-state index in [2.05, 4.69) is 15.2 Å². The lowest BCUT2D eigenvalue weighted by molar-refractivity contribution is -0.138. The quantitative estimate of drug-likeness (QED) is 0.844. The predicted octanol–water partition coefficient (Wildman–Crippen LogP) is 1.26. The number of hydrogen-bond acceptors (Lipinski definition) is 6. The Balaban J connectivity index is 1.60. The van der Waals surface area contributed by atoms with Crippen molar-refractivity contribution in [3.05, 3.63) is 17.1 Å². The fraction of sp³-hybridized carbons (Fsp3) is 0.600. The molecule has 2 aliphatic rings. The molecule has 4 rings (SSSR count). The van der Waals surface area contributed by atoms with Crippen molar-refractivity contribution < 1.29 is 14.1 Å². The van der Waals surface area contributed by atoms with Crippen molar-refractivity contribution >= 4 is 5.91 Å². The summed E-state index contributed by atoms with van der Waals surface area (Å²) in [6.45, 7) is 1.47. The Hall–Kier alpha value is -2.22. The summed E-state index contributed by atoms with van der Waals surface area (Å²) in [4.78, 5) is 18.7. The van der Waals surface area contributed by atoms with Gasteiger partial charge in [-0.15, -0.1) is 0 Å². The van der Waals surface area contributed by atoms with E-state index in [9.17, 15) is 4.79 Å². The average molecular weight is 317 g/mol. The van der Waals surface area contributed by atoms with Crippen LogP contribution in [0, 0.1) is 5.92 Å². The maximum atomic E-state index is 12.5. The predicted molar refractivity (Wildman–Crippen MR) is 78.8 cm³/mol. The zero-order chi connectivity index (χ0) is 16.0. The van der Waals surface area contributed by atoms with Gasteiger partial charge in [0.1, 0.15) is 6.61 Å². The molecule has 0 atom stereocenters. The third kappa shape index (κ3) is 2.33. The minimum Gasteiger partial charge on any atom is -0.377 e. The summed E-state index contributed by atoms with van der Waals surface area (Å²) in [7, 11) is 3.46. The van der Waals surface area contributed by atoms with Crippen LogP contribution in [-0.4, -0.2) is 37.8 Å². The summed E-state index contributed by atoms with van der Waals surface area (Å²) in [6, 6.07) is 0. The van der Waals surface area contributed by atoms with Gasteiger partial charge in [0.05, 0.1) is 18.8 Å². The number of ether oxygens (including phenoxy) is 1. The van der Waals surface area contributed by atoms with Crippen LogP contribution in [-0.2, 0) is 36.3 Å². The first-order valence-electron chi connectivity index (χ1n) is 7.82. The van der Waals surface area contributed by atoms with Gasteiger partial charge in [-0.2, -0.15) is 10.1 Å². The second kappa shape index (κ2) is 5.45. The SMILES string of the molecule is COCc1noc(-c2nn(C)c3c2CN(C(=O)C2CCC2)C3)n1. The van der Waals surface area contributed by atoms with Gasteiger partial charge < -0.3 is 14.2 Å². The van der Waals surface area contributed by atoms with Gasteiger partial charge >= 0.3 is 0 Å². The number of carbonyl (C=O) groups excluding carboxylic acids is 1. The van der Waals surface area contributed by atoms with E-state index in [-0.39, 0.29) is 11.8 Å². The molecule has 1 fully saturated rings. The highest BCUT2D eigenvalue weighted by Gasteiger charge is 2.36. The van der Waals surface area contributed by atoms with E-state index in [4.69, 9.17) is 9.26 Å². The molecule has 8 heteroatoms. The van der Waals surface area contributed by atoms with Crippen LogP contribution in [0.3, 0.4) is 0 Å². The maximum Gasteiger partial charge on any atom is 0.278 e. The third-order valence-electron chi connectivity index (χ3n) is 4.67. The average Bonchev–Trinajstić information content (AvgIpc) is 3.14. The molecule has 0 unspecified atom stereocenters. The molecule has 0 aromatic carbocycles. The van der Waals surface area contributed by atoms with Crippen molar-refractivity contribution in [1.82, 2.24) is 24.8 Å². The normalized spacial score (nSPS) is 17.4. The summed E-state index contributed by atoms with van der Waals surface area (Å²) < 4.78 is 12.1. The Morgan fingerprint density at radius 3 is 2.91 bits per heavy atom. The van der Waals surface area contributed by atoms with Crippen LogP contribution in [0.25, 0.3) is 11.6 Å². The van der Waals surface area contributed by atoms with Crippen LogP contribution in [0.2, 0.25) is 0 Å². The van der Waals surface area contributed by atoms with Gasteiger partial charge in [-0.3, -0.25) is 9.48 Å². The lowest BCUT2D eigenvalue weighted by Gasteiger charge is -2.29. The molecule has 2 aromatic rings. The van der Waals surface area contributed by atoms with Gasteiger partial charge in [0, 0.05) is 25.6 Å². The standard InChI is InChI=1S/C15H19N5O3/c1-19-11-7-20(15(21)9-4-3-5-9)6-10(11)13(17-19)14-16-12(8-22-2)18-23-14/h9H,3-8H2,1-2H3. The summed E-state index contributed by atoms with van der Waals surface area (Å²) in [5, 5.41) is 8.37. The first kappa shape index (κ1) is 14.4. The number of carbonyl (C=O) groups is 1. The second-order valence-electron chi connectivity index (χ2n) is 6.17. The lowest BCUT2D eigenvalue weighted by Crippen LogP contribution is -2.35. The fourth-order valence-corrected chi connectivity index (χ4v) is 3.17. The van der Waals surface area contributed by atoms with Gasteiger partial charge in [0.2, 0.25) is 5.91 Å².